The molecular weight excluding hydrogens is 230 g/mol. The second-order valence-corrected chi connectivity index (χ2v) is 5.17. The van der Waals surface area contributed by atoms with E-state index in [0.29, 0.717) is 17.5 Å². The van der Waals surface area contributed by atoms with Crippen LogP contribution in [0, 0.1) is 6.92 Å². The lowest BCUT2D eigenvalue weighted by Crippen LogP contribution is -2.44. The Morgan fingerprint density at radius 2 is 2.44 bits per heavy atom. The molecule has 1 atom stereocenters. The summed E-state index contributed by atoms with van der Waals surface area (Å²) in [5.41, 5.74) is 0.402. The maximum Gasteiger partial charge on any atom is 0.276 e. The molecule has 18 heavy (non-hydrogen) atoms. The molecular formula is C13H21N3O2. The Morgan fingerprint density at radius 1 is 1.67 bits per heavy atom. The number of aromatic nitrogens is 1. The van der Waals surface area contributed by atoms with Crippen molar-refractivity contribution in [3.05, 3.63) is 17.5 Å². The largest absolute Gasteiger partial charge is 0.361 e. The summed E-state index contributed by atoms with van der Waals surface area (Å²) in [7, 11) is 0. The van der Waals surface area contributed by atoms with E-state index in [9.17, 15) is 4.79 Å². The Morgan fingerprint density at radius 3 is 2.94 bits per heavy atom. The van der Waals surface area contributed by atoms with Crippen LogP contribution in [0.1, 0.15) is 42.9 Å². The fourth-order valence-electron chi connectivity index (χ4n) is 2.29. The minimum absolute atomic E-state index is 0.0458. The van der Waals surface area contributed by atoms with Gasteiger partial charge < -0.3 is 14.7 Å². The predicted octanol–water partition coefficient (Wildman–Crippen LogP) is 1.59. The Bertz CT molecular complexity index is 408. The van der Waals surface area contributed by atoms with Gasteiger partial charge in [-0.05, 0) is 40.2 Å². The number of aryl methyl sites for hydroxylation is 1. The molecule has 1 saturated heterocycles. The molecule has 2 heterocycles. The molecule has 1 unspecified atom stereocenters. The van der Waals surface area contributed by atoms with E-state index in [4.69, 9.17) is 4.52 Å². The maximum atomic E-state index is 12.4. The first-order valence-electron chi connectivity index (χ1n) is 6.55. The monoisotopic (exact) mass is 251 g/mol. The average molecular weight is 251 g/mol. The van der Waals surface area contributed by atoms with Crippen LogP contribution in [0.15, 0.2) is 10.6 Å². The zero-order valence-corrected chi connectivity index (χ0v) is 11.3. The predicted molar refractivity (Wildman–Crippen MR) is 68.4 cm³/mol. The summed E-state index contributed by atoms with van der Waals surface area (Å²) in [6.07, 6.45) is 2.32. The van der Waals surface area contributed by atoms with Gasteiger partial charge in [0.05, 0.1) is 0 Å². The molecule has 0 radical (unpaired) electrons. The number of amides is 1. The second-order valence-electron chi connectivity index (χ2n) is 5.17. The minimum Gasteiger partial charge on any atom is -0.361 e. The van der Waals surface area contributed by atoms with E-state index in [1.54, 1.807) is 13.0 Å². The number of carbonyl (C=O) groups is 1. The number of carbonyl (C=O) groups excluding carboxylic acids is 1. The molecule has 0 saturated carbocycles. The fourth-order valence-corrected chi connectivity index (χ4v) is 2.29. The normalized spacial score (nSPS) is 19.4. The molecule has 2 rings (SSSR count). The molecule has 0 bridgehead atoms. The van der Waals surface area contributed by atoms with Crippen molar-refractivity contribution in [2.45, 2.75) is 45.7 Å². The highest BCUT2D eigenvalue weighted by Gasteiger charge is 2.26. The van der Waals surface area contributed by atoms with Gasteiger partial charge in [-0.3, -0.25) is 4.79 Å². The minimum atomic E-state index is -0.0458. The lowest BCUT2D eigenvalue weighted by Gasteiger charge is -2.28. The Hall–Kier alpha value is -1.36. The van der Waals surface area contributed by atoms with E-state index in [1.807, 2.05) is 18.7 Å². The van der Waals surface area contributed by atoms with Gasteiger partial charge in [-0.1, -0.05) is 5.16 Å². The van der Waals surface area contributed by atoms with Crippen LogP contribution in [-0.2, 0) is 0 Å². The number of rotatable bonds is 4. The summed E-state index contributed by atoms with van der Waals surface area (Å²) in [6, 6.07) is 2.26. The molecule has 1 aliphatic heterocycles. The summed E-state index contributed by atoms with van der Waals surface area (Å²) in [6.45, 7) is 7.64. The zero-order chi connectivity index (χ0) is 13.1. The summed E-state index contributed by atoms with van der Waals surface area (Å²) in [4.78, 5) is 14.2. The third kappa shape index (κ3) is 2.90. The Balaban J connectivity index is 2.06. The first-order chi connectivity index (χ1) is 8.58. The molecule has 100 valence electrons. The van der Waals surface area contributed by atoms with Gasteiger partial charge in [0, 0.05) is 24.7 Å². The molecule has 1 amide bonds. The summed E-state index contributed by atoms with van der Waals surface area (Å²) >= 11 is 0. The summed E-state index contributed by atoms with van der Waals surface area (Å²) in [5, 5.41) is 7.22. The third-order valence-electron chi connectivity index (χ3n) is 3.31. The third-order valence-corrected chi connectivity index (χ3v) is 3.31. The highest BCUT2D eigenvalue weighted by atomic mass is 16.5. The van der Waals surface area contributed by atoms with E-state index in [-0.39, 0.29) is 11.9 Å². The van der Waals surface area contributed by atoms with Crippen molar-refractivity contribution in [1.82, 2.24) is 15.4 Å². The van der Waals surface area contributed by atoms with Gasteiger partial charge in [0.1, 0.15) is 5.76 Å². The maximum absolute atomic E-state index is 12.4. The molecule has 0 aliphatic carbocycles. The van der Waals surface area contributed by atoms with E-state index in [0.717, 1.165) is 19.5 Å². The molecule has 1 aliphatic rings. The van der Waals surface area contributed by atoms with E-state index >= 15 is 0 Å². The van der Waals surface area contributed by atoms with Crippen molar-refractivity contribution >= 4 is 5.91 Å². The second kappa shape index (κ2) is 5.52. The van der Waals surface area contributed by atoms with Gasteiger partial charge in [-0.15, -0.1) is 0 Å². The Kier molecular flexibility index (Phi) is 4.01. The lowest BCUT2D eigenvalue weighted by atomic mass is 10.1. The van der Waals surface area contributed by atoms with Gasteiger partial charge in [-0.25, -0.2) is 0 Å². The van der Waals surface area contributed by atoms with E-state index in [2.05, 4.69) is 10.5 Å². The molecule has 5 nitrogen and oxygen atoms in total. The van der Waals surface area contributed by atoms with Crippen LogP contribution < -0.4 is 5.32 Å². The molecule has 1 aromatic rings. The highest BCUT2D eigenvalue weighted by molar-refractivity contribution is 5.92. The van der Waals surface area contributed by atoms with Crippen molar-refractivity contribution in [2.24, 2.45) is 0 Å². The van der Waals surface area contributed by atoms with Gasteiger partial charge >= 0.3 is 0 Å². The lowest BCUT2D eigenvalue weighted by molar-refractivity contribution is 0.0678. The van der Waals surface area contributed by atoms with Crippen LogP contribution in [0.2, 0.25) is 0 Å². The van der Waals surface area contributed by atoms with Crippen LogP contribution in [0.3, 0.4) is 0 Å². The van der Waals surface area contributed by atoms with Crippen molar-refractivity contribution in [1.29, 1.82) is 0 Å². The average Bonchev–Trinajstić information content (AvgIpc) is 2.95. The van der Waals surface area contributed by atoms with E-state index < -0.39 is 0 Å². The topological polar surface area (TPSA) is 58.4 Å². The molecule has 0 aromatic carbocycles. The summed E-state index contributed by atoms with van der Waals surface area (Å²) < 4.78 is 4.97. The number of hydrogen-bond donors (Lipinski definition) is 1. The van der Waals surface area contributed by atoms with Crippen LogP contribution in [0.25, 0.3) is 0 Å². The molecule has 5 heteroatoms. The van der Waals surface area contributed by atoms with Crippen molar-refractivity contribution in [3.8, 4) is 0 Å². The van der Waals surface area contributed by atoms with E-state index in [1.165, 1.54) is 6.42 Å². The van der Waals surface area contributed by atoms with Gasteiger partial charge in [0.15, 0.2) is 5.69 Å². The number of nitrogens with one attached hydrogen (secondary N) is 1. The van der Waals surface area contributed by atoms with Crippen molar-refractivity contribution in [2.75, 3.05) is 13.1 Å². The molecule has 1 fully saturated rings. The van der Waals surface area contributed by atoms with Crippen LogP contribution >= 0.6 is 0 Å². The van der Waals surface area contributed by atoms with Gasteiger partial charge in [0.2, 0.25) is 0 Å². The number of hydrogen-bond acceptors (Lipinski definition) is 4. The fraction of sp³-hybridized carbons (Fsp3) is 0.692. The van der Waals surface area contributed by atoms with Crippen LogP contribution in [-0.4, -0.2) is 41.1 Å². The van der Waals surface area contributed by atoms with Gasteiger partial charge in [0.25, 0.3) is 5.91 Å². The van der Waals surface area contributed by atoms with Crippen molar-refractivity contribution < 1.29 is 9.32 Å². The first kappa shape index (κ1) is 13.1. The molecule has 1 N–H and O–H groups in total. The number of nitrogens with zero attached hydrogens (tertiary/aromatic N) is 2. The molecule has 1 aromatic heterocycles. The quantitative estimate of drug-likeness (QED) is 0.882. The first-order valence-corrected chi connectivity index (χ1v) is 6.55. The highest BCUT2D eigenvalue weighted by Crippen LogP contribution is 2.13. The smallest absolute Gasteiger partial charge is 0.276 e. The van der Waals surface area contributed by atoms with Crippen molar-refractivity contribution in [3.63, 3.8) is 0 Å². The molecule has 0 spiro atoms. The SMILES string of the molecule is Cc1cc(C(=O)N(CC2CCCN2)C(C)C)no1. The van der Waals surface area contributed by atoms with Crippen LogP contribution in [0.4, 0.5) is 0 Å². The standard InChI is InChI=1S/C13H21N3O2/c1-9(2)16(8-11-5-4-6-14-11)13(17)12-7-10(3)18-15-12/h7,9,11,14H,4-6,8H2,1-3H3. The Labute approximate surface area is 108 Å². The summed E-state index contributed by atoms with van der Waals surface area (Å²) in [5.74, 6) is 0.622. The zero-order valence-electron chi connectivity index (χ0n) is 11.3. The van der Waals surface area contributed by atoms with Gasteiger partial charge in [-0.2, -0.15) is 0 Å². The van der Waals surface area contributed by atoms with Crippen LogP contribution in [0.5, 0.6) is 0 Å².